The molecule has 2 aliphatic heterocycles. The highest BCUT2D eigenvalue weighted by Crippen LogP contribution is 2.34. The Morgan fingerprint density at radius 2 is 2.00 bits per heavy atom. The lowest BCUT2D eigenvalue weighted by atomic mass is 9.88. The first-order chi connectivity index (χ1) is 9.27. The molecule has 0 radical (unpaired) electrons. The largest absolute Gasteiger partial charge is 0.593 e. The molecule has 2 heterocycles. The van der Waals surface area contributed by atoms with E-state index in [1.807, 2.05) is 30.3 Å². The molecule has 2 aliphatic rings. The van der Waals surface area contributed by atoms with Gasteiger partial charge in [-0.05, 0) is 44.5 Å². The molecule has 1 aromatic rings. The second-order valence-electron chi connectivity index (χ2n) is 5.34. The number of benzene rings is 1. The highest BCUT2D eigenvalue weighted by atomic mass is 32.2. The normalized spacial score (nSPS) is 27.5. The van der Waals surface area contributed by atoms with Crippen molar-refractivity contribution in [3.63, 3.8) is 0 Å². The van der Waals surface area contributed by atoms with Crippen LogP contribution in [0.4, 0.5) is 0 Å². The third-order valence-corrected chi connectivity index (χ3v) is 5.20. The molecule has 4 nitrogen and oxygen atoms in total. The van der Waals surface area contributed by atoms with Crippen LogP contribution in [0.3, 0.4) is 0 Å². The van der Waals surface area contributed by atoms with Gasteiger partial charge in [0.15, 0.2) is 4.90 Å². The third-order valence-electron chi connectivity index (χ3n) is 3.95. The van der Waals surface area contributed by atoms with Crippen molar-refractivity contribution in [3.05, 3.63) is 30.3 Å². The minimum Gasteiger partial charge on any atom is -0.593 e. The zero-order valence-corrected chi connectivity index (χ0v) is 11.7. The number of hydrogen-bond acceptors (Lipinski definition) is 4. The molecule has 0 bridgehead atoms. The molecular weight excluding hydrogens is 260 g/mol. The molecule has 2 atom stereocenters. The smallest absolute Gasteiger partial charge is 0.173 e. The van der Waals surface area contributed by atoms with E-state index in [-0.39, 0.29) is 11.6 Å². The Balaban J connectivity index is 1.57. The predicted octanol–water partition coefficient (Wildman–Crippen LogP) is 1.21. The van der Waals surface area contributed by atoms with Crippen LogP contribution in [0.5, 0.6) is 0 Å². The molecule has 0 saturated carbocycles. The van der Waals surface area contributed by atoms with Gasteiger partial charge in [0, 0.05) is 0 Å². The Bertz CT molecular complexity index is 409. The SMILES string of the molecule is [O-][S+](N[C@H]1COC2(CCNCC2)C1)c1ccccc1. The maximum absolute atomic E-state index is 12.2. The first-order valence-corrected chi connectivity index (χ1v) is 8.00. The topological polar surface area (TPSA) is 56.3 Å². The van der Waals surface area contributed by atoms with E-state index in [9.17, 15) is 4.55 Å². The summed E-state index contributed by atoms with van der Waals surface area (Å²) in [4.78, 5) is 0.828. The maximum atomic E-state index is 12.2. The summed E-state index contributed by atoms with van der Waals surface area (Å²) in [5, 5.41) is 3.36. The molecule has 0 aromatic heterocycles. The molecule has 0 aliphatic carbocycles. The lowest BCUT2D eigenvalue weighted by Gasteiger charge is -2.32. The molecular formula is C14H20N2O2S. The van der Waals surface area contributed by atoms with E-state index in [0.717, 1.165) is 37.2 Å². The Morgan fingerprint density at radius 3 is 2.74 bits per heavy atom. The Labute approximate surface area is 117 Å². The van der Waals surface area contributed by atoms with Gasteiger partial charge in [0.05, 0.1) is 29.6 Å². The average Bonchev–Trinajstić information content (AvgIpc) is 2.83. The van der Waals surface area contributed by atoms with E-state index in [2.05, 4.69) is 10.0 Å². The van der Waals surface area contributed by atoms with Crippen molar-refractivity contribution >= 4 is 11.4 Å². The Hall–Kier alpha value is -0.590. The zero-order valence-electron chi connectivity index (χ0n) is 10.9. The van der Waals surface area contributed by atoms with E-state index in [4.69, 9.17) is 4.74 Å². The first kappa shape index (κ1) is 13.4. The zero-order chi connectivity index (χ0) is 13.1. The van der Waals surface area contributed by atoms with E-state index in [1.54, 1.807) is 0 Å². The molecule has 3 rings (SSSR count). The van der Waals surface area contributed by atoms with Gasteiger partial charge in [0.1, 0.15) is 0 Å². The monoisotopic (exact) mass is 280 g/mol. The van der Waals surface area contributed by atoms with Gasteiger partial charge < -0.3 is 14.6 Å². The maximum Gasteiger partial charge on any atom is 0.173 e. The van der Waals surface area contributed by atoms with E-state index < -0.39 is 11.4 Å². The van der Waals surface area contributed by atoms with Gasteiger partial charge in [-0.3, -0.25) is 0 Å². The summed E-state index contributed by atoms with van der Waals surface area (Å²) in [5.41, 5.74) is 0.0177. The summed E-state index contributed by atoms with van der Waals surface area (Å²) in [6.07, 6.45) is 3.08. The molecule has 2 N–H and O–H groups in total. The van der Waals surface area contributed by atoms with Crippen molar-refractivity contribution in [3.8, 4) is 0 Å². The van der Waals surface area contributed by atoms with Crippen LogP contribution >= 0.6 is 0 Å². The second-order valence-corrected chi connectivity index (χ2v) is 6.59. The lowest BCUT2D eigenvalue weighted by Crippen LogP contribution is -2.42. The van der Waals surface area contributed by atoms with Gasteiger partial charge in [0.2, 0.25) is 0 Å². The minimum atomic E-state index is -1.14. The van der Waals surface area contributed by atoms with Crippen LogP contribution < -0.4 is 10.0 Å². The fraction of sp³-hybridized carbons (Fsp3) is 0.571. The van der Waals surface area contributed by atoms with Crippen molar-refractivity contribution in [2.75, 3.05) is 19.7 Å². The molecule has 1 unspecified atom stereocenters. The van der Waals surface area contributed by atoms with Gasteiger partial charge in [-0.15, -0.1) is 4.72 Å². The first-order valence-electron chi connectivity index (χ1n) is 6.85. The number of nitrogens with one attached hydrogen (secondary N) is 2. The van der Waals surface area contributed by atoms with Gasteiger partial charge in [-0.25, -0.2) is 0 Å². The Kier molecular flexibility index (Phi) is 4.10. The summed E-state index contributed by atoms with van der Waals surface area (Å²) in [6, 6.07) is 9.73. The standard InChI is InChI=1S/C14H20N2O2S/c17-19(13-4-2-1-3-5-13)16-12-10-14(18-11-12)6-8-15-9-7-14/h1-5,12,15-16H,6-11H2/t12-,19?/m1/s1. The predicted molar refractivity (Wildman–Crippen MR) is 75.2 cm³/mol. The van der Waals surface area contributed by atoms with Gasteiger partial charge in [-0.1, -0.05) is 18.2 Å². The van der Waals surface area contributed by atoms with Crippen LogP contribution in [0.15, 0.2) is 35.2 Å². The van der Waals surface area contributed by atoms with Crippen molar-refractivity contribution in [1.29, 1.82) is 0 Å². The molecule has 104 valence electrons. The summed E-state index contributed by atoms with van der Waals surface area (Å²) < 4.78 is 21.4. The van der Waals surface area contributed by atoms with Crippen LogP contribution in [0, 0.1) is 0 Å². The fourth-order valence-corrected chi connectivity index (χ4v) is 3.91. The fourth-order valence-electron chi connectivity index (χ4n) is 2.91. The van der Waals surface area contributed by atoms with Crippen LogP contribution in [-0.2, 0) is 16.1 Å². The van der Waals surface area contributed by atoms with Crippen LogP contribution in [0.25, 0.3) is 0 Å². The third kappa shape index (κ3) is 3.12. The number of hydrogen-bond donors (Lipinski definition) is 2. The van der Waals surface area contributed by atoms with Crippen molar-refractivity contribution < 1.29 is 9.29 Å². The quantitative estimate of drug-likeness (QED) is 0.817. The molecule has 19 heavy (non-hydrogen) atoms. The lowest BCUT2D eigenvalue weighted by molar-refractivity contribution is -0.0193. The summed E-state index contributed by atoms with van der Waals surface area (Å²) in [7, 11) is 0. The van der Waals surface area contributed by atoms with E-state index in [1.165, 1.54) is 0 Å². The Morgan fingerprint density at radius 1 is 1.26 bits per heavy atom. The van der Waals surface area contributed by atoms with E-state index in [0.29, 0.717) is 6.61 Å². The summed E-state index contributed by atoms with van der Waals surface area (Å²) >= 11 is -1.14. The van der Waals surface area contributed by atoms with Gasteiger partial charge in [0.25, 0.3) is 0 Å². The van der Waals surface area contributed by atoms with Crippen LogP contribution in [0.1, 0.15) is 19.3 Å². The van der Waals surface area contributed by atoms with Crippen molar-refractivity contribution in [1.82, 2.24) is 10.0 Å². The summed E-state index contributed by atoms with van der Waals surface area (Å²) in [6.45, 7) is 2.71. The molecule has 2 saturated heterocycles. The van der Waals surface area contributed by atoms with Gasteiger partial charge in [-0.2, -0.15) is 0 Å². The van der Waals surface area contributed by atoms with Gasteiger partial charge >= 0.3 is 0 Å². The number of ether oxygens (including phenoxy) is 1. The van der Waals surface area contributed by atoms with Crippen molar-refractivity contribution in [2.24, 2.45) is 0 Å². The van der Waals surface area contributed by atoms with Crippen LogP contribution in [-0.4, -0.2) is 35.9 Å². The number of piperidine rings is 1. The van der Waals surface area contributed by atoms with Crippen molar-refractivity contribution in [2.45, 2.75) is 35.8 Å². The highest BCUT2D eigenvalue weighted by molar-refractivity contribution is 7.89. The molecule has 5 heteroatoms. The molecule has 0 amide bonds. The average molecular weight is 280 g/mol. The number of rotatable bonds is 3. The second kappa shape index (κ2) is 5.81. The highest BCUT2D eigenvalue weighted by Gasteiger charge is 2.42. The molecule has 1 spiro atoms. The molecule has 2 fully saturated rings. The van der Waals surface area contributed by atoms with Crippen LogP contribution in [0.2, 0.25) is 0 Å². The summed E-state index contributed by atoms with van der Waals surface area (Å²) in [5.74, 6) is 0. The molecule has 1 aromatic carbocycles. The van der Waals surface area contributed by atoms with E-state index >= 15 is 0 Å². The minimum absolute atomic E-state index is 0.0177.